The number of phenols is 1. The molecule has 0 saturated carbocycles. The number of carbonyl (C=O) groups is 1. The highest BCUT2D eigenvalue weighted by molar-refractivity contribution is 5.81. The third-order valence-corrected chi connectivity index (χ3v) is 4.83. The summed E-state index contributed by atoms with van der Waals surface area (Å²) in [5.41, 5.74) is 4.33. The molecule has 5 heteroatoms. The van der Waals surface area contributed by atoms with Crippen molar-refractivity contribution in [3.05, 3.63) is 65.4 Å². The smallest absolute Gasteiger partial charge is 0.311 e. The summed E-state index contributed by atoms with van der Waals surface area (Å²) in [6.45, 7) is 5.78. The van der Waals surface area contributed by atoms with E-state index in [1.807, 2.05) is 51.1 Å². The zero-order valence-electron chi connectivity index (χ0n) is 16.3. The highest BCUT2D eigenvalue weighted by atomic mass is 16.4. The number of hydrogen-bond donors (Lipinski definition) is 2. The van der Waals surface area contributed by atoms with Crippen LogP contribution in [0.3, 0.4) is 0 Å². The van der Waals surface area contributed by atoms with Gasteiger partial charge in [-0.1, -0.05) is 55.3 Å². The van der Waals surface area contributed by atoms with Gasteiger partial charge in [0.25, 0.3) is 0 Å². The Kier molecular flexibility index (Phi) is 5.73. The molecule has 0 spiro atoms. The number of phenolic OH excluding ortho intramolecular Hbond substituents is 1. The molecule has 28 heavy (non-hydrogen) atoms. The van der Waals surface area contributed by atoms with Crippen molar-refractivity contribution in [2.45, 2.75) is 39.5 Å². The molecule has 2 aromatic carbocycles. The molecule has 2 N–H and O–H groups in total. The lowest BCUT2D eigenvalue weighted by atomic mass is 9.89. The van der Waals surface area contributed by atoms with Crippen LogP contribution in [0.1, 0.15) is 42.5 Å². The average Bonchev–Trinajstić information content (AvgIpc) is 2.67. The normalized spacial score (nSPS) is 12.0. The third kappa shape index (κ3) is 3.88. The number of benzene rings is 2. The van der Waals surface area contributed by atoms with Crippen molar-refractivity contribution in [2.24, 2.45) is 0 Å². The Labute approximate surface area is 164 Å². The van der Waals surface area contributed by atoms with E-state index in [4.69, 9.17) is 4.98 Å². The number of carboxylic acid groups (broad SMARTS) is 1. The van der Waals surface area contributed by atoms with E-state index in [1.54, 1.807) is 18.2 Å². The first-order valence-electron chi connectivity index (χ1n) is 9.39. The minimum atomic E-state index is -0.878. The fourth-order valence-electron chi connectivity index (χ4n) is 3.39. The molecule has 0 aliphatic rings. The van der Waals surface area contributed by atoms with Crippen molar-refractivity contribution in [1.29, 1.82) is 0 Å². The zero-order valence-corrected chi connectivity index (χ0v) is 16.3. The second-order valence-electron chi connectivity index (χ2n) is 6.96. The number of rotatable bonds is 6. The molecule has 1 unspecified atom stereocenters. The lowest BCUT2D eigenvalue weighted by Gasteiger charge is -2.19. The lowest BCUT2D eigenvalue weighted by Crippen LogP contribution is -2.16. The van der Waals surface area contributed by atoms with E-state index < -0.39 is 11.9 Å². The standard InChI is InChI=1S/C23H24N2O3/c1-4-7-18(23(27)28)20-15(3)24-22(17-8-5-6-9-19(17)26)25-21(20)16-12-10-14(2)11-13-16/h5-6,8-13,18,26H,4,7H2,1-3H3,(H,27,28). The molecule has 0 aliphatic heterocycles. The van der Waals surface area contributed by atoms with Crippen LogP contribution in [-0.4, -0.2) is 26.2 Å². The van der Waals surface area contributed by atoms with Gasteiger partial charge >= 0.3 is 5.97 Å². The summed E-state index contributed by atoms with van der Waals surface area (Å²) in [6, 6.07) is 14.7. The largest absolute Gasteiger partial charge is 0.507 e. The van der Waals surface area contributed by atoms with Crippen molar-refractivity contribution in [3.63, 3.8) is 0 Å². The number of aliphatic carboxylic acids is 1. The summed E-state index contributed by atoms with van der Waals surface area (Å²) in [5, 5.41) is 20.1. The zero-order chi connectivity index (χ0) is 20.3. The van der Waals surface area contributed by atoms with Crippen LogP contribution in [0.25, 0.3) is 22.6 Å². The van der Waals surface area contributed by atoms with Crippen LogP contribution in [0.5, 0.6) is 5.75 Å². The van der Waals surface area contributed by atoms with E-state index in [-0.39, 0.29) is 5.75 Å². The van der Waals surface area contributed by atoms with Crippen LogP contribution in [0.4, 0.5) is 0 Å². The first-order valence-corrected chi connectivity index (χ1v) is 9.39. The first-order chi connectivity index (χ1) is 13.4. The topological polar surface area (TPSA) is 83.3 Å². The minimum Gasteiger partial charge on any atom is -0.507 e. The molecule has 3 rings (SSSR count). The van der Waals surface area contributed by atoms with E-state index in [0.29, 0.717) is 34.8 Å². The Balaban J connectivity index is 2.28. The molecule has 5 nitrogen and oxygen atoms in total. The van der Waals surface area contributed by atoms with Crippen molar-refractivity contribution >= 4 is 5.97 Å². The number of hydrogen-bond acceptors (Lipinski definition) is 4. The molecule has 0 amide bonds. The quantitative estimate of drug-likeness (QED) is 0.625. The summed E-state index contributed by atoms with van der Waals surface area (Å²) < 4.78 is 0. The highest BCUT2D eigenvalue weighted by Gasteiger charge is 2.27. The number of aryl methyl sites for hydroxylation is 2. The Hall–Kier alpha value is -3.21. The predicted molar refractivity (Wildman–Crippen MR) is 109 cm³/mol. The third-order valence-electron chi connectivity index (χ3n) is 4.83. The minimum absolute atomic E-state index is 0.0906. The maximum Gasteiger partial charge on any atom is 0.311 e. The van der Waals surface area contributed by atoms with Crippen LogP contribution in [0, 0.1) is 13.8 Å². The summed E-state index contributed by atoms with van der Waals surface area (Å²) >= 11 is 0. The molecule has 144 valence electrons. The molecule has 0 fully saturated rings. The maximum atomic E-state index is 12.0. The number of aromatic nitrogens is 2. The van der Waals surface area contributed by atoms with Gasteiger partial charge in [0.2, 0.25) is 0 Å². The highest BCUT2D eigenvalue weighted by Crippen LogP contribution is 2.36. The van der Waals surface area contributed by atoms with Crippen LogP contribution < -0.4 is 0 Å². The summed E-state index contributed by atoms with van der Waals surface area (Å²) in [5.74, 6) is -1.08. The van der Waals surface area contributed by atoms with Gasteiger partial charge in [-0.05, 0) is 32.4 Å². The Bertz CT molecular complexity index is 997. The number of aromatic hydroxyl groups is 1. The molecule has 1 heterocycles. The lowest BCUT2D eigenvalue weighted by molar-refractivity contribution is -0.139. The second-order valence-corrected chi connectivity index (χ2v) is 6.96. The van der Waals surface area contributed by atoms with Crippen molar-refractivity contribution in [1.82, 2.24) is 9.97 Å². The van der Waals surface area contributed by atoms with Gasteiger partial charge in [-0.15, -0.1) is 0 Å². The van der Waals surface area contributed by atoms with Gasteiger partial charge in [0.15, 0.2) is 5.82 Å². The van der Waals surface area contributed by atoms with E-state index >= 15 is 0 Å². The summed E-state index contributed by atoms with van der Waals surface area (Å²) in [7, 11) is 0. The monoisotopic (exact) mass is 376 g/mol. The number of carboxylic acids is 1. The molecule has 1 aromatic heterocycles. The SMILES string of the molecule is CCCC(C(=O)O)c1c(C)nc(-c2ccccc2O)nc1-c1ccc(C)cc1. The maximum absolute atomic E-state index is 12.0. The number of para-hydroxylation sites is 1. The molecule has 3 aromatic rings. The molecule has 1 atom stereocenters. The van der Waals surface area contributed by atoms with E-state index in [9.17, 15) is 15.0 Å². The van der Waals surface area contributed by atoms with Crippen LogP contribution in [-0.2, 0) is 4.79 Å². The predicted octanol–water partition coefficient (Wildman–Crippen LogP) is 5.10. The van der Waals surface area contributed by atoms with E-state index in [1.165, 1.54) is 0 Å². The van der Waals surface area contributed by atoms with Crippen LogP contribution >= 0.6 is 0 Å². The van der Waals surface area contributed by atoms with Gasteiger partial charge < -0.3 is 10.2 Å². The Morgan fingerprint density at radius 3 is 2.32 bits per heavy atom. The first kappa shape index (κ1) is 19.5. The Morgan fingerprint density at radius 2 is 1.71 bits per heavy atom. The van der Waals surface area contributed by atoms with Gasteiger partial charge in [-0.25, -0.2) is 9.97 Å². The second kappa shape index (κ2) is 8.21. The van der Waals surface area contributed by atoms with Crippen LogP contribution in [0.2, 0.25) is 0 Å². The molecular formula is C23H24N2O3. The van der Waals surface area contributed by atoms with Gasteiger partial charge in [-0.3, -0.25) is 4.79 Å². The van der Waals surface area contributed by atoms with Gasteiger partial charge in [0.05, 0.1) is 17.2 Å². The molecule has 0 radical (unpaired) electrons. The van der Waals surface area contributed by atoms with Gasteiger partial charge in [0.1, 0.15) is 5.75 Å². The van der Waals surface area contributed by atoms with E-state index in [2.05, 4.69) is 4.98 Å². The van der Waals surface area contributed by atoms with Crippen molar-refractivity contribution < 1.29 is 15.0 Å². The van der Waals surface area contributed by atoms with Gasteiger partial charge in [-0.2, -0.15) is 0 Å². The summed E-state index contributed by atoms with van der Waals surface area (Å²) in [6.07, 6.45) is 1.25. The van der Waals surface area contributed by atoms with E-state index in [0.717, 1.165) is 17.5 Å². The summed E-state index contributed by atoms with van der Waals surface area (Å²) in [4.78, 5) is 21.3. The molecule has 0 aliphatic carbocycles. The number of nitrogens with zero attached hydrogens (tertiary/aromatic N) is 2. The van der Waals surface area contributed by atoms with Crippen LogP contribution in [0.15, 0.2) is 48.5 Å². The Morgan fingerprint density at radius 1 is 1.04 bits per heavy atom. The molecule has 0 bridgehead atoms. The van der Waals surface area contributed by atoms with Gasteiger partial charge in [0, 0.05) is 16.8 Å². The van der Waals surface area contributed by atoms with Crippen molar-refractivity contribution in [2.75, 3.05) is 0 Å². The molecular weight excluding hydrogens is 352 g/mol. The average molecular weight is 376 g/mol. The fraction of sp³-hybridized carbons (Fsp3) is 0.261. The fourth-order valence-corrected chi connectivity index (χ4v) is 3.39. The van der Waals surface area contributed by atoms with Crippen molar-refractivity contribution in [3.8, 4) is 28.4 Å². The molecule has 0 saturated heterocycles.